The fourth-order valence-electron chi connectivity index (χ4n) is 1.47. The highest BCUT2D eigenvalue weighted by molar-refractivity contribution is 5.94. The standard InChI is InChI=1S/C15H21N2O3/c1-15(2,3)20-13(18)11-16-9-10-17-14(19)12-7-5-4-6-8-12/h5-8,16H,9-11H2,1-3H3,(H,17,19). The van der Waals surface area contributed by atoms with E-state index in [1.165, 1.54) is 0 Å². The summed E-state index contributed by atoms with van der Waals surface area (Å²) in [6.45, 7) is 6.55. The average molecular weight is 277 g/mol. The number of nitrogens with one attached hydrogen (secondary N) is 2. The Morgan fingerprint density at radius 1 is 1.20 bits per heavy atom. The molecule has 5 heteroatoms. The Kier molecular flexibility index (Phi) is 6.18. The molecule has 0 aromatic heterocycles. The van der Waals surface area contributed by atoms with Crippen molar-refractivity contribution in [1.82, 2.24) is 10.6 Å². The number of amides is 1. The lowest BCUT2D eigenvalue weighted by molar-refractivity contribution is -0.153. The molecule has 0 aliphatic heterocycles. The summed E-state index contributed by atoms with van der Waals surface area (Å²) in [7, 11) is 0. The number of hydrogen-bond donors (Lipinski definition) is 2. The van der Waals surface area contributed by atoms with E-state index >= 15 is 0 Å². The minimum Gasteiger partial charge on any atom is -0.459 e. The van der Waals surface area contributed by atoms with E-state index in [4.69, 9.17) is 4.74 Å². The highest BCUT2D eigenvalue weighted by Gasteiger charge is 2.15. The lowest BCUT2D eigenvalue weighted by Gasteiger charge is -2.19. The molecule has 0 bridgehead atoms. The van der Waals surface area contributed by atoms with E-state index in [1.54, 1.807) is 24.3 Å². The molecule has 5 nitrogen and oxygen atoms in total. The predicted molar refractivity (Wildman–Crippen MR) is 76.3 cm³/mol. The smallest absolute Gasteiger partial charge is 0.320 e. The number of benzene rings is 1. The molecule has 1 rings (SSSR count). The van der Waals surface area contributed by atoms with Gasteiger partial charge in [-0.25, -0.2) is 0 Å². The summed E-state index contributed by atoms with van der Waals surface area (Å²) >= 11 is 0. The van der Waals surface area contributed by atoms with Gasteiger partial charge in [-0.15, -0.1) is 0 Å². The Hall–Kier alpha value is -1.88. The van der Waals surface area contributed by atoms with Crippen LogP contribution in [0.3, 0.4) is 0 Å². The Bertz CT molecular complexity index is 438. The quantitative estimate of drug-likeness (QED) is 0.604. The first-order chi connectivity index (χ1) is 9.38. The van der Waals surface area contributed by atoms with Crippen molar-refractivity contribution >= 4 is 11.9 Å². The summed E-state index contributed by atoms with van der Waals surface area (Å²) in [5, 5.41) is 5.67. The SMILES string of the molecule is CC(C)(C)OC(=O)CNCCNC(=O)c1cc[c]cc1. The van der Waals surface area contributed by atoms with Crippen LogP contribution in [0.5, 0.6) is 0 Å². The Morgan fingerprint density at radius 2 is 1.85 bits per heavy atom. The van der Waals surface area contributed by atoms with E-state index < -0.39 is 5.60 Å². The molecule has 0 saturated carbocycles. The molecule has 0 saturated heterocycles. The third-order valence-electron chi connectivity index (χ3n) is 2.26. The molecule has 1 radical (unpaired) electrons. The van der Waals surface area contributed by atoms with Crippen LogP contribution in [0.1, 0.15) is 31.1 Å². The van der Waals surface area contributed by atoms with Gasteiger partial charge in [-0.2, -0.15) is 0 Å². The van der Waals surface area contributed by atoms with E-state index in [0.717, 1.165) is 0 Å². The van der Waals surface area contributed by atoms with E-state index in [0.29, 0.717) is 18.7 Å². The van der Waals surface area contributed by atoms with Gasteiger partial charge in [0.2, 0.25) is 0 Å². The van der Waals surface area contributed by atoms with Crippen molar-refractivity contribution in [1.29, 1.82) is 0 Å². The topological polar surface area (TPSA) is 67.4 Å². The minimum atomic E-state index is -0.475. The molecule has 109 valence electrons. The van der Waals surface area contributed by atoms with Crippen molar-refractivity contribution in [3.63, 3.8) is 0 Å². The molecule has 0 atom stereocenters. The summed E-state index contributed by atoms with van der Waals surface area (Å²) in [4.78, 5) is 23.1. The van der Waals surface area contributed by atoms with Crippen molar-refractivity contribution in [2.45, 2.75) is 26.4 Å². The summed E-state index contributed by atoms with van der Waals surface area (Å²) in [6.07, 6.45) is 0. The number of carbonyl (C=O) groups is 2. The molecule has 0 spiro atoms. The largest absolute Gasteiger partial charge is 0.459 e. The third kappa shape index (κ3) is 6.89. The highest BCUT2D eigenvalue weighted by Crippen LogP contribution is 2.05. The van der Waals surface area contributed by atoms with Crippen LogP contribution in [-0.4, -0.2) is 37.1 Å². The molecule has 0 aliphatic carbocycles. The number of hydrogen-bond acceptors (Lipinski definition) is 4. The molecule has 1 aromatic carbocycles. The molecule has 0 fully saturated rings. The second-order valence-electron chi connectivity index (χ2n) is 5.31. The summed E-state index contributed by atoms with van der Waals surface area (Å²) < 4.78 is 5.14. The van der Waals surface area contributed by atoms with Gasteiger partial charge < -0.3 is 15.4 Å². The highest BCUT2D eigenvalue weighted by atomic mass is 16.6. The Morgan fingerprint density at radius 3 is 2.45 bits per heavy atom. The predicted octanol–water partition coefficient (Wildman–Crippen LogP) is 1.15. The molecule has 1 aromatic rings. The maximum Gasteiger partial charge on any atom is 0.320 e. The first-order valence-electron chi connectivity index (χ1n) is 6.55. The van der Waals surface area contributed by atoms with Gasteiger partial charge in [0.25, 0.3) is 5.91 Å². The minimum absolute atomic E-state index is 0.132. The fourth-order valence-corrected chi connectivity index (χ4v) is 1.47. The molecule has 20 heavy (non-hydrogen) atoms. The first kappa shape index (κ1) is 16.2. The zero-order valence-corrected chi connectivity index (χ0v) is 12.2. The number of carbonyl (C=O) groups excluding carboxylic acids is 2. The monoisotopic (exact) mass is 277 g/mol. The lowest BCUT2D eigenvalue weighted by Crippen LogP contribution is -2.36. The number of rotatable bonds is 6. The van der Waals surface area contributed by atoms with Gasteiger partial charge in [-0.1, -0.05) is 12.1 Å². The van der Waals surface area contributed by atoms with E-state index in [1.807, 2.05) is 20.8 Å². The van der Waals surface area contributed by atoms with Gasteiger partial charge in [0.05, 0.1) is 6.54 Å². The molecular formula is C15H21N2O3. The van der Waals surface area contributed by atoms with E-state index in [-0.39, 0.29) is 18.4 Å². The number of esters is 1. The van der Waals surface area contributed by atoms with Crippen molar-refractivity contribution in [3.8, 4) is 0 Å². The van der Waals surface area contributed by atoms with Crippen LogP contribution in [0.15, 0.2) is 24.3 Å². The van der Waals surface area contributed by atoms with Crippen molar-refractivity contribution in [2.75, 3.05) is 19.6 Å². The van der Waals surface area contributed by atoms with Gasteiger partial charge in [0.1, 0.15) is 5.60 Å². The van der Waals surface area contributed by atoms with Crippen LogP contribution in [0, 0.1) is 6.07 Å². The van der Waals surface area contributed by atoms with Crippen molar-refractivity contribution in [2.24, 2.45) is 0 Å². The van der Waals surface area contributed by atoms with E-state index in [2.05, 4.69) is 16.7 Å². The molecular weight excluding hydrogens is 256 g/mol. The van der Waals surface area contributed by atoms with Crippen LogP contribution < -0.4 is 10.6 Å². The third-order valence-corrected chi connectivity index (χ3v) is 2.26. The normalized spacial score (nSPS) is 10.9. The molecule has 0 unspecified atom stereocenters. The van der Waals surface area contributed by atoms with Gasteiger partial charge in [0, 0.05) is 18.7 Å². The van der Waals surface area contributed by atoms with Crippen molar-refractivity contribution < 1.29 is 14.3 Å². The summed E-state index contributed by atoms with van der Waals surface area (Å²) in [5.41, 5.74) is 0.119. The zero-order chi connectivity index (χ0) is 15.0. The van der Waals surface area contributed by atoms with Crippen molar-refractivity contribution in [3.05, 3.63) is 35.9 Å². The van der Waals surface area contributed by atoms with Gasteiger partial charge >= 0.3 is 5.97 Å². The molecule has 0 aliphatic rings. The van der Waals surface area contributed by atoms with Gasteiger partial charge in [-0.05, 0) is 39.0 Å². The zero-order valence-electron chi connectivity index (χ0n) is 12.2. The summed E-state index contributed by atoms with van der Waals surface area (Å²) in [5.74, 6) is -0.444. The maximum absolute atomic E-state index is 11.7. The second-order valence-corrected chi connectivity index (χ2v) is 5.31. The average Bonchev–Trinajstić information content (AvgIpc) is 2.37. The molecule has 0 heterocycles. The van der Waals surface area contributed by atoms with Crippen LogP contribution >= 0.6 is 0 Å². The van der Waals surface area contributed by atoms with E-state index in [9.17, 15) is 9.59 Å². The Balaban J connectivity index is 2.14. The van der Waals surface area contributed by atoms with Crippen LogP contribution in [-0.2, 0) is 9.53 Å². The van der Waals surface area contributed by atoms with Crippen LogP contribution in [0.4, 0.5) is 0 Å². The number of ether oxygens (including phenoxy) is 1. The van der Waals surface area contributed by atoms with Gasteiger partial charge in [0.15, 0.2) is 0 Å². The molecule has 1 amide bonds. The van der Waals surface area contributed by atoms with Gasteiger partial charge in [-0.3, -0.25) is 9.59 Å². The Labute approximate surface area is 119 Å². The maximum atomic E-state index is 11.7. The molecule has 2 N–H and O–H groups in total. The van der Waals surface area contributed by atoms with Crippen LogP contribution in [0.25, 0.3) is 0 Å². The fraction of sp³-hybridized carbons (Fsp3) is 0.467. The van der Waals surface area contributed by atoms with Crippen LogP contribution in [0.2, 0.25) is 0 Å². The first-order valence-corrected chi connectivity index (χ1v) is 6.55. The second kappa shape index (κ2) is 7.65. The summed E-state index contributed by atoms with van der Waals surface area (Å²) in [6, 6.07) is 9.63. The lowest BCUT2D eigenvalue weighted by atomic mass is 10.2.